The Morgan fingerprint density at radius 2 is 2.40 bits per heavy atom. The van der Waals surface area contributed by atoms with E-state index in [0.717, 1.165) is 6.42 Å². The molecule has 1 rings (SSSR count). The van der Waals surface area contributed by atoms with Gasteiger partial charge in [-0.15, -0.1) is 0 Å². The van der Waals surface area contributed by atoms with Crippen LogP contribution in [-0.4, -0.2) is 36.6 Å². The summed E-state index contributed by atoms with van der Waals surface area (Å²) >= 11 is 0. The van der Waals surface area contributed by atoms with E-state index in [1.807, 2.05) is 13.8 Å². The van der Waals surface area contributed by atoms with Crippen molar-refractivity contribution in [2.45, 2.75) is 32.8 Å². The molecule has 1 fully saturated rings. The van der Waals surface area contributed by atoms with Crippen LogP contribution >= 0.6 is 0 Å². The number of hydrogen-bond donors (Lipinski definition) is 0. The Kier molecular flexibility index (Phi) is 4.57. The van der Waals surface area contributed by atoms with Crippen LogP contribution in [0.3, 0.4) is 0 Å². The van der Waals surface area contributed by atoms with E-state index in [4.69, 9.17) is 10.00 Å². The quantitative estimate of drug-likeness (QED) is 0.700. The van der Waals surface area contributed by atoms with Crippen LogP contribution in [0.4, 0.5) is 0 Å². The van der Waals surface area contributed by atoms with Gasteiger partial charge in [0.25, 0.3) is 0 Å². The van der Waals surface area contributed by atoms with Crippen LogP contribution in [-0.2, 0) is 9.53 Å². The van der Waals surface area contributed by atoms with Crippen LogP contribution in [0.25, 0.3) is 0 Å². The SMILES string of the molecule is CC(C)OCCN1CCC(C#N)CC1=O. The molecule has 0 saturated carbocycles. The highest BCUT2D eigenvalue weighted by molar-refractivity contribution is 5.77. The Morgan fingerprint density at radius 1 is 1.67 bits per heavy atom. The third-order valence-electron chi connectivity index (χ3n) is 2.52. The van der Waals surface area contributed by atoms with Crippen LogP contribution in [0, 0.1) is 17.2 Å². The van der Waals surface area contributed by atoms with Crippen molar-refractivity contribution in [2.24, 2.45) is 5.92 Å². The Balaban J connectivity index is 2.27. The number of nitrogens with zero attached hydrogens (tertiary/aromatic N) is 2. The Bertz CT molecular complexity index is 258. The minimum atomic E-state index is -0.0835. The molecule has 4 nitrogen and oxygen atoms in total. The normalized spacial score (nSPS) is 21.9. The molecule has 0 aromatic carbocycles. The molecule has 4 heteroatoms. The molecule has 1 amide bonds. The van der Waals surface area contributed by atoms with E-state index < -0.39 is 0 Å². The molecule has 0 bridgehead atoms. The van der Waals surface area contributed by atoms with Crippen LogP contribution in [0.15, 0.2) is 0 Å². The molecular weight excluding hydrogens is 192 g/mol. The predicted octanol–water partition coefficient (Wildman–Crippen LogP) is 1.17. The van der Waals surface area contributed by atoms with Gasteiger partial charge in [0.1, 0.15) is 0 Å². The first kappa shape index (κ1) is 12.0. The second-order valence-electron chi connectivity index (χ2n) is 4.12. The number of ether oxygens (including phenoxy) is 1. The average molecular weight is 210 g/mol. The topological polar surface area (TPSA) is 53.3 Å². The summed E-state index contributed by atoms with van der Waals surface area (Å²) in [6, 6.07) is 2.15. The molecule has 1 aliphatic rings. The Morgan fingerprint density at radius 3 is 2.93 bits per heavy atom. The highest BCUT2D eigenvalue weighted by Crippen LogP contribution is 2.16. The van der Waals surface area contributed by atoms with Gasteiger partial charge >= 0.3 is 0 Å². The summed E-state index contributed by atoms with van der Waals surface area (Å²) in [5, 5.41) is 8.70. The maximum atomic E-state index is 11.6. The lowest BCUT2D eigenvalue weighted by atomic mass is 9.98. The van der Waals surface area contributed by atoms with Crippen molar-refractivity contribution in [2.75, 3.05) is 19.7 Å². The van der Waals surface area contributed by atoms with Gasteiger partial charge in [-0.2, -0.15) is 5.26 Å². The molecule has 84 valence electrons. The maximum Gasteiger partial charge on any atom is 0.223 e. The van der Waals surface area contributed by atoms with E-state index in [2.05, 4.69) is 6.07 Å². The summed E-state index contributed by atoms with van der Waals surface area (Å²) in [6.45, 7) is 5.88. The molecule has 0 aliphatic carbocycles. The van der Waals surface area contributed by atoms with Crippen LogP contribution in [0.2, 0.25) is 0 Å². The minimum Gasteiger partial charge on any atom is -0.377 e. The van der Waals surface area contributed by atoms with Crippen molar-refractivity contribution in [3.63, 3.8) is 0 Å². The van der Waals surface area contributed by atoms with Crippen molar-refractivity contribution >= 4 is 5.91 Å². The smallest absolute Gasteiger partial charge is 0.223 e. The first-order chi connectivity index (χ1) is 7.13. The Hall–Kier alpha value is -1.08. The summed E-state index contributed by atoms with van der Waals surface area (Å²) < 4.78 is 5.39. The fraction of sp³-hybridized carbons (Fsp3) is 0.818. The third kappa shape index (κ3) is 3.88. The lowest BCUT2D eigenvalue weighted by Gasteiger charge is -2.29. The maximum absolute atomic E-state index is 11.6. The number of carbonyl (C=O) groups excluding carboxylic acids is 1. The second-order valence-corrected chi connectivity index (χ2v) is 4.12. The summed E-state index contributed by atoms with van der Waals surface area (Å²) in [7, 11) is 0. The molecule has 0 N–H and O–H groups in total. The molecule has 0 radical (unpaired) electrons. The van der Waals surface area contributed by atoms with E-state index in [9.17, 15) is 4.79 Å². The molecule has 1 saturated heterocycles. The third-order valence-corrected chi connectivity index (χ3v) is 2.52. The zero-order valence-corrected chi connectivity index (χ0v) is 9.40. The van der Waals surface area contributed by atoms with Gasteiger partial charge in [0.15, 0.2) is 0 Å². The zero-order valence-electron chi connectivity index (χ0n) is 9.40. The van der Waals surface area contributed by atoms with Gasteiger partial charge < -0.3 is 9.64 Å². The minimum absolute atomic E-state index is 0.0835. The van der Waals surface area contributed by atoms with Gasteiger partial charge in [0.2, 0.25) is 5.91 Å². The number of nitriles is 1. The second kappa shape index (κ2) is 5.72. The largest absolute Gasteiger partial charge is 0.377 e. The number of piperidine rings is 1. The number of likely N-dealkylation sites (tertiary alicyclic amines) is 1. The summed E-state index contributed by atoms with van der Waals surface area (Å²) in [5.74, 6) is -0.0000711. The highest BCUT2D eigenvalue weighted by Gasteiger charge is 2.25. The summed E-state index contributed by atoms with van der Waals surface area (Å²) in [5.41, 5.74) is 0. The molecule has 0 aromatic heterocycles. The molecule has 1 atom stereocenters. The van der Waals surface area contributed by atoms with Crippen molar-refractivity contribution in [3.8, 4) is 6.07 Å². The van der Waals surface area contributed by atoms with Crippen LogP contribution < -0.4 is 0 Å². The first-order valence-corrected chi connectivity index (χ1v) is 5.42. The van der Waals surface area contributed by atoms with Gasteiger partial charge in [0, 0.05) is 19.5 Å². The van der Waals surface area contributed by atoms with Gasteiger partial charge in [-0.05, 0) is 20.3 Å². The van der Waals surface area contributed by atoms with E-state index in [1.54, 1.807) is 4.90 Å². The monoisotopic (exact) mass is 210 g/mol. The predicted molar refractivity (Wildman–Crippen MR) is 56.0 cm³/mol. The van der Waals surface area contributed by atoms with Crippen molar-refractivity contribution in [1.29, 1.82) is 5.26 Å². The molecule has 1 heterocycles. The van der Waals surface area contributed by atoms with Gasteiger partial charge in [-0.3, -0.25) is 4.79 Å². The number of carbonyl (C=O) groups is 1. The molecule has 15 heavy (non-hydrogen) atoms. The van der Waals surface area contributed by atoms with Crippen LogP contribution in [0.1, 0.15) is 26.7 Å². The Labute approximate surface area is 90.8 Å². The van der Waals surface area contributed by atoms with Crippen molar-refractivity contribution in [3.05, 3.63) is 0 Å². The fourth-order valence-corrected chi connectivity index (χ4v) is 1.62. The average Bonchev–Trinajstić information content (AvgIpc) is 2.20. The van der Waals surface area contributed by atoms with E-state index in [0.29, 0.717) is 26.1 Å². The molecule has 1 unspecified atom stereocenters. The van der Waals surface area contributed by atoms with E-state index >= 15 is 0 Å². The summed E-state index contributed by atoms with van der Waals surface area (Å²) in [6.07, 6.45) is 1.37. The zero-order chi connectivity index (χ0) is 11.3. The molecule has 0 aromatic rings. The first-order valence-electron chi connectivity index (χ1n) is 5.42. The van der Waals surface area contributed by atoms with E-state index in [1.165, 1.54) is 0 Å². The fourth-order valence-electron chi connectivity index (χ4n) is 1.62. The highest BCUT2D eigenvalue weighted by atomic mass is 16.5. The van der Waals surface area contributed by atoms with Crippen LogP contribution in [0.5, 0.6) is 0 Å². The van der Waals surface area contributed by atoms with Crippen molar-refractivity contribution in [1.82, 2.24) is 4.90 Å². The molecule has 0 spiro atoms. The number of amides is 1. The van der Waals surface area contributed by atoms with Gasteiger partial charge in [0.05, 0.1) is 24.7 Å². The van der Waals surface area contributed by atoms with Gasteiger partial charge in [-0.1, -0.05) is 0 Å². The lowest BCUT2D eigenvalue weighted by molar-refractivity contribution is -0.135. The summed E-state index contributed by atoms with van der Waals surface area (Å²) in [4.78, 5) is 13.3. The number of rotatable bonds is 4. The van der Waals surface area contributed by atoms with Gasteiger partial charge in [-0.25, -0.2) is 0 Å². The number of hydrogen-bond acceptors (Lipinski definition) is 3. The standard InChI is InChI=1S/C11H18N2O2/c1-9(2)15-6-5-13-4-3-10(8-12)7-11(13)14/h9-10H,3-7H2,1-2H3. The lowest BCUT2D eigenvalue weighted by Crippen LogP contribution is -2.40. The molecule has 1 aliphatic heterocycles. The van der Waals surface area contributed by atoms with Crippen molar-refractivity contribution < 1.29 is 9.53 Å². The van der Waals surface area contributed by atoms with E-state index in [-0.39, 0.29) is 17.9 Å². The molecular formula is C11H18N2O2.